The van der Waals surface area contributed by atoms with Gasteiger partial charge in [-0.15, -0.1) is 0 Å². The molecule has 19 heavy (non-hydrogen) atoms. The number of rotatable bonds is 5. The third-order valence-corrected chi connectivity index (χ3v) is 3.94. The molecule has 1 fully saturated rings. The Hall–Kier alpha value is -1.26. The van der Waals surface area contributed by atoms with Crippen LogP contribution < -0.4 is 14.8 Å². The molecule has 1 heterocycles. The van der Waals surface area contributed by atoms with Crippen LogP contribution in [0.4, 0.5) is 0 Å². The highest BCUT2D eigenvalue weighted by Crippen LogP contribution is 2.41. The minimum atomic E-state index is 0.0624. The topological polar surface area (TPSA) is 39.7 Å². The lowest BCUT2D eigenvalue weighted by Gasteiger charge is -2.38. The zero-order valence-electron chi connectivity index (χ0n) is 12.0. The summed E-state index contributed by atoms with van der Waals surface area (Å²) in [5.41, 5.74) is 1.28. The summed E-state index contributed by atoms with van der Waals surface area (Å²) in [6.45, 7) is 2.50. The van der Waals surface area contributed by atoms with E-state index >= 15 is 0 Å². The van der Waals surface area contributed by atoms with Gasteiger partial charge < -0.3 is 19.5 Å². The van der Waals surface area contributed by atoms with Crippen LogP contribution in [0.1, 0.15) is 18.4 Å². The highest BCUT2D eigenvalue weighted by molar-refractivity contribution is 5.45. The van der Waals surface area contributed by atoms with Gasteiger partial charge in [0.2, 0.25) is 0 Å². The Bertz CT molecular complexity index is 408. The van der Waals surface area contributed by atoms with Crippen LogP contribution in [0.15, 0.2) is 18.2 Å². The van der Waals surface area contributed by atoms with Crippen molar-refractivity contribution in [3.63, 3.8) is 0 Å². The van der Waals surface area contributed by atoms with Crippen LogP contribution in [0.3, 0.4) is 0 Å². The van der Waals surface area contributed by atoms with Crippen molar-refractivity contribution in [2.24, 2.45) is 0 Å². The Kier molecular flexibility index (Phi) is 4.66. The molecule has 4 nitrogen and oxygen atoms in total. The van der Waals surface area contributed by atoms with E-state index in [-0.39, 0.29) is 5.41 Å². The largest absolute Gasteiger partial charge is 0.497 e. The molecule has 0 aliphatic carbocycles. The second kappa shape index (κ2) is 6.26. The van der Waals surface area contributed by atoms with Gasteiger partial charge in [0.15, 0.2) is 0 Å². The molecule has 0 amide bonds. The summed E-state index contributed by atoms with van der Waals surface area (Å²) in [6, 6.07) is 6.03. The zero-order valence-corrected chi connectivity index (χ0v) is 12.0. The SMILES string of the molecule is CNCC1(c2cc(OC)ccc2OC)CCOCC1. The highest BCUT2D eigenvalue weighted by atomic mass is 16.5. The molecule has 4 heteroatoms. The molecule has 1 aliphatic rings. The molecular formula is C15H23NO3. The Morgan fingerprint density at radius 2 is 1.95 bits per heavy atom. The molecule has 0 saturated carbocycles. The van der Waals surface area contributed by atoms with Crippen LogP contribution in [0.5, 0.6) is 11.5 Å². The van der Waals surface area contributed by atoms with Crippen molar-refractivity contribution in [2.75, 3.05) is 41.0 Å². The van der Waals surface area contributed by atoms with Crippen molar-refractivity contribution < 1.29 is 14.2 Å². The maximum absolute atomic E-state index is 5.55. The third-order valence-electron chi connectivity index (χ3n) is 3.94. The van der Waals surface area contributed by atoms with E-state index in [2.05, 4.69) is 11.4 Å². The number of hydrogen-bond donors (Lipinski definition) is 1. The molecule has 0 aromatic heterocycles. The smallest absolute Gasteiger partial charge is 0.122 e. The Balaban J connectivity index is 2.44. The minimum absolute atomic E-state index is 0.0624. The zero-order chi connectivity index (χ0) is 13.7. The van der Waals surface area contributed by atoms with Crippen molar-refractivity contribution in [2.45, 2.75) is 18.3 Å². The van der Waals surface area contributed by atoms with Crippen LogP contribution in [-0.4, -0.2) is 41.0 Å². The van der Waals surface area contributed by atoms with Gasteiger partial charge in [0.1, 0.15) is 11.5 Å². The maximum atomic E-state index is 5.55. The summed E-state index contributed by atoms with van der Waals surface area (Å²) in [5, 5.41) is 3.31. The van der Waals surface area contributed by atoms with Crippen LogP contribution in [0.2, 0.25) is 0 Å². The van der Waals surface area contributed by atoms with E-state index in [1.165, 1.54) is 5.56 Å². The molecule has 1 N–H and O–H groups in total. The second-order valence-electron chi connectivity index (χ2n) is 4.99. The lowest BCUT2D eigenvalue weighted by molar-refractivity contribution is 0.0496. The Labute approximate surface area is 115 Å². The quantitative estimate of drug-likeness (QED) is 0.883. The first kappa shape index (κ1) is 14.2. The average Bonchev–Trinajstić information content (AvgIpc) is 2.48. The standard InChI is InChI=1S/C15H23NO3/c1-16-11-15(6-8-19-9-7-15)13-10-12(17-2)4-5-14(13)18-3/h4-5,10,16H,6-9,11H2,1-3H3. The van der Waals surface area contributed by atoms with Crippen LogP contribution in [-0.2, 0) is 10.2 Å². The molecule has 0 spiro atoms. The first-order chi connectivity index (χ1) is 9.25. The molecule has 0 unspecified atom stereocenters. The van der Waals surface area contributed by atoms with E-state index < -0.39 is 0 Å². The van der Waals surface area contributed by atoms with Gasteiger partial charge in [-0.3, -0.25) is 0 Å². The molecule has 1 saturated heterocycles. The van der Waals surface area contributed by atoms with E-state index in [0.717, 1.165) is 44.1 Å². The Morgan fingerprint density at radius 1 is 1.21 bits per heavy atom. The molecule has 2 rings (SSSR count). The first-order valence-corrected chi connectivity index (χ1v) is 6.70. The van der Waals surface area contributed by atoms with Crippen molar-refractivity contribution in [1.82, 2.24) is 5.32 Å². The number of nitrogens with one attached hydrogen (secondary N) is 1. The number of benzene rings is 1. The summed E-state index contributed by atoms with van der Waals surface area (Å²) in [5.74, 6) is 1.80. The second-order valence-corrected chi connectivity index (χ2v) is 4.99. The fourth-order valence-corrected chi connectivity index (χ4v) is 2.87. The van der Waals surface area contributed by atoms with Crippen LogP contribution in [0.25, 0.3) is 0 Å². The summed E-state index contributed by atoms with van der Waals surface area (Å²) < 4.78 is 16.4. The van der Waals surface area contributed by atoms with Gasteiger partial charge in [-0.25, -0.2) is 0 Å². The minimum Gasteiger partial charge on any atom is -0.497 e. The van der Waals surface area contributed by atoms with Crippen molar-refractivity contribution in [3.8, 4) is 11.5 Å². The van der Waals surface area contributed by atoms with Gasteiger partial charge in [0.05, 0.1) is 14.2 Å². The Morgan fingerprint density at radius 3 is 2.53 bits per heavy atom. The molecule has 1 aliphatic heterocycles. The molecule has 0 radical (unpaired) electrons. The monoisotopic (exact) mass is 265 g/mol. The fourth-order valence-electron chi connectivity index (χ4n) is 2.87. The van der Waals surface area contributed by atoms with Crippen LogP contribution in [0, 0.1) is 0 Å². The third kappa shape index (κ3) is 2.85. The fraction of sp³-hybridized carbons (Fsp3) is 0.600. The molecule has 0 bridgehead atoms. The molecular weight excluding hydrogens is 242 g/mol. The molecule has 106 valence electrons. The first-order valence-electron chi connectivity index (χ1n) is 6.70. The van der Waals surface area contributed by atoms with Crippen molar-refractivity contribution >= 4 is 0 Å². The van der Waals surface area contributed by atoms with Gasteiger partial charge >= 0.3 is 0 Å². The predicted octanol–water partition coefficient (Wildman–Crippen LogP) is 1.97. The summed E-state index contributed by atoms with van der Waals surface area (Å²) in [6.07, 6.45) is 1.99. The summed E-state index contributed by atoms with van der Waals surface area (Å²) in [4.78, 5) is 0. The summed E-state index contributed by atoms with van der Waals surface area (Å²) in [7, 11) is 5.40. The summed E-state index contributed by atoms with van der Waals surface area (Å²) >= 11 is 0. The lowest BCUT2D eigenvalue weighted by Crippen LogP contribution is -2.42. The van der Waals surface area contributed by atoms with Crippen LogP contribution >= 0.6 is 0 Å². The number of ether oxygens (including phenoxy) is 3. The average molecular weight is 265 g/mol. The number of hydrogen-bond acceptors (Lipinski definition) is 4. The highest BCUT2D eigenvalue weighted by Gasteiger charge is 2.36. The predicted molar refractivity (Wildman–Crippen MR) is 75.2 cm³/mol. The van der Waals surface area contributed by atoms with E-state index in [0.29, 0.717) is 0 Å². The number of likely N-dealkylation sites (N-methyl/N-ethyl adjacent to an activating group) is 1. The molecule has 1 aromatic rings. The molecule has 0 atom stereocenters. The van der Waals surface area contributed by atoms with Gasteiger partial charge in [-0.2, -0.15) is 0 Å². The number of methoxy groups -OCH3 is 2. The van der Waals surface area contributed by atoms with Gasteiger partial charge in [-0.05, 0) is 38.1 Å². The molecule has 1 aromatic carbocycles. The van der Waals surface area contributed by atoms with E-state index in [4.69, 9.17) is 14.2 Å². The lowest BCUT2D eigenvalue weighted by atomic mass is 9.73. The van der Waals surface area contributed by atoms with E-state index in [1.54, 1.807) is 14.2 Å². The maximum Gasteiger partial charge on any atom is 0.122 e. The van der Waals surface area contributed by atoms with Gasteiger partial charge in [0.25, 0.3) is 0 Å². The van der Waals surface area contributed by atoms with Gasteiger partial charge in [0, 0.05) is 30.7 Å². The van der Waals surface area contributed by atoms with Crippen molar-refractivity contribution in [3.05, 3.63) is 23.8 Å². The van der Waals surface area contributed by atoms with Crippen molar-refractivity contribution in [1.29, 1.82) is 0 Å². The normalized spacial score (nSPS) is 18.1. The van der Waals surface area contributed by atoms with Gasteiger partial charge in [-0.1, -0.05) is 0 Å². The van der Waals surface area contributed by atoms with E-state index in [1.807, 2.05) is 19.2 Å². The van der Waals surface area contributed by atoms with E-state index in [9.17, 15) is 0 Å².